The number of piperidine rings is 1. The minimum absolute atomic E-state index is 0.913. The molecule has 0 bridgehead atoms. The van der Waals surface area contributed by atoms with E-state index in [1.807, 2.05) is 0 Å². The average molecular weight is 248 g/mol. The lowest BCUT2D eigenvalue weighted by Crippen LogP contribution is -2.35. The van der Waals surface area contributed by atoms with Gasteiger partial charge in [-0.15, -0.1) is 0 Å². The normalized spacial score (nSPS) is 25.3. The molecule has 0 aromatic heterocycles. The number of likely N-dealkylation sites (tertiary alicyclic amines) is 1. The lowest BCUT2D eigenvalue weighted by atomic mass is 10.0. The van der Waals surface area contributed by atoms with E-state index >= 15 is 0 Å². The summed E-state index contributed by atoms with van der Waals surface area (Å²) in [6, 6.07) is 0. The summed E-state index contributed by atoms with van der Waals surface area (Å²) in [7, 11) is 0. The topological polar surface area (TPSA) is 6.48 Å². The summed E-state index contributed by atoms with van der Waals surface area (Å²) >= 11 is 0. The van der Waals surface area contributed by atoms with Crippen LogP contribution in [0.3, 0.4) is 0 Å². The van der Waals surface area contributed by atoms with E-state index in [0.717, 1.165) is 12.5 Å². The number of rotatable bonds is 5. The first-order valence-electron chi connectivity index (χ1n) is 7.55. The van der Waals surface area contributed by atoms with Crippen LogP contribution >= 0.6 is 0 Å². The number of hydrogen-bond acceptors (Lipinski definition) is 2. The van der Waals surface area contributed by atoms with Crippen LogP contribution in [0.1, 0.15) is 39.5 Å². The number of nitrogens with zero attached hydrogens (tertiary/aromatic N) is 2. The number of unbranched alkanes of at least 4 members (excludes halogenated alkanes) is 1. The van der Waals surface area contributed by atoms with Crippen molar-refractivity contribution in [2.24, 2.45) is 5.92 Å². The molecule has 0 aromatic rings. The summed E-state index contributed by atoms with van der Waals surface area (Å²) in [4.78, 5) is 5.10. The maximum atomic E-state index is 2.66. The Morgan fingerprint density at radius 1 is 1.28 bits per heavy atom. The largest absolute Gasteiger partial charge is 0.373 e. The molecule has 2 aliphatic rings. The molecule has 0 spiro atoms. The van der Waals surface area contributed by atoms with Gasteiger partial charge in [0, 0.05) is 25.8 Å². The standard InChI is InChI=1S/C16H28N2/c1-15-7-5-11-17(13-15)9-3-4-10-18-12-6-8-16(2)14-18/h5,7,13,16H,3-4,6,8-12,14H2,1-2H3. The molecular formula is C16H28N2. The van der Waals surface area contributed by atoms with E-state index in [0.29, 0.717) is 0 Å². The van der Waals surface area contributed by atoms with Gasteiger partial charge in [-0.1, -0.05) is 19.1 Å². The first kappa shape index (κ1) is 13.7. The van der Waals surface area contributed by atoms with E-state index in [1.54, 1.807) is 0 Å². The van der Waals surface area contributed by atoms with Gasteiger partial charge in [0.05, 0.1) is 0 Å². The fourth-order valence-corrected chi connectivity index (χ4v) is 3.05. The van der Waals surface area contributed by atoms with Crippen molar-refractivity contribution in [2.75, 3.05) is 32.7 Å². The lowest BCUT2D eigenvalue weighted by molar-refractivity contribution is 0.179. The van der Waals surface area contributed by atoms with Gasteiger partial charge >= 0.3 is 0 Å². The summed E-state index contributed by atoms with van der Waals surface area (Å²) in [5.41, 5.74) is 1.38. The average Bonchev–Trinajstić information content (AvgIpc) is 2.35. The van der Waals surface area contributed by atoms with E-state index in [9.17, 15) is 0 Å². The van der Waals surface area contributed by atoms with Gasteiger partial charge in [-0.25, -0.2) is 0 Å². The first-order chi connectivity index (χ1) is 8.74. The second kappa shape index (κ2) is 6.98. The molecule has 1 atom stereocenters. The van der Waals surface area contributed by atoms with Crippen molar-refractivity contribution in [2.45, 2.75) is 39.5 Å². The van der Waals surface area contributed by atoms with Gasteiger partial charge < -0.3 is 9.80 Å². The highest BCUT2D eigenvalue weighted by Gasteiger charge is 2.15. The third kappa shape index (κ3) is 4.49. The third-order valence-corrected chi connectivity index (χ3v) is 4.02. The smallest absolute Gasteiger partial charge is 0.0357 e. The van der Waals surface area contributed by atoms with Crippen molar-refractivity contribution in [3.63, 3.8) is 0 Å². The Labute approximate surface area is 112 Å². The van der Waals surface area contributed by atoms with Crippen LogP contribution in [0.15, 0.2) is 23.9 Å². The summed E-state index contributed by atoms with van der Waals surface area (Å²) in [5.74, 6) is 0.913. The van der Waals surface area contributed by atoms with Crippen LogP contribution < -0.4 is 0 Å². The molecular weight excluding hydrogens is 220 g/mol. The van der Waals surface area contributed by atoms with Gasteiger partial charge in [0.2, 0.25) is 0 Å². The van der Waals surface area contributed by atoms with E-state index < -0.39 is 0 Å². The zero-order chi connectivity index (χ0) is 12.8. The molecule has 0 amide bonds. The summed E-state index contributed by atoms with van der Waals surface area (Å²) in [6.45, 7) is 10.8. The minimum Gasteiger partial charge on any atom is -0.373 e. The summed E-state index contributed by atoms with van der Waals surface area (Å²) in [5, 5.41) is 0. The molecule has 0 N–H and O–H groups in total. The van der Waals surface area contributed by atoms with E-state index in [1.165, 1.54) is 57.4 Å². The van der Waals surface area contributed by atoms with Crippen LogP contribution in [0.2, 0.25) is 0 Å². The molecule has 1 unspecified atom stereocenters. The Kier molecular flexibility index (Phi) is 5.30. The van der Waals surface area contributed by atoms with E-state index in [4.69, 9.17) is 0 Å². The highest BCUT2D eigenvalue weighted by atomic mass is 15.1. The van der Waals surface area contributed by atoms with Gasteiger partial charge in [0.1, 0.15) is 0 Å². The molecule has 0 aliphatic carbocycles. The molecule has 1 fully saturated rings. The fraction of sp³-hybridized carbons (Fsp3) is 0.750. The Balaban J connectivity index is 1.57. The van der Waals surface area contributed by atoms with Crippen molar-refractivity contribution in [3.8, 4) is 0 Å². The Bertz CT molecular complexity index is 306. The zero-order valence-corrected chi connectivity index (χ0v) is 12.1. The SMILES string of the molecule is CC1=CN(CCCCN2CCCC(C)C2)CC=C1. The van der Waals surface area contributed by atoms with E-state index in [-0.39, 0.29) is 0 Å². The quantitative estimate of drug-likeness (QED) is 0.689. The van der Waals surface area contributed by atoms with Crippen LogP contribution in [0, 0.1) is 5.92 Å². The van der Waals surface area contributed by atoms with Gasteiger partial charge in [0.25, 0.3) is 0 Å². The highest BCUT2D eigenvalue weighted by molar-refractivity contribution is 5.19. The van der Waals surface area contributed by atoms with Crippen LogP contribution in [0.5, 0.6) is 0 Å². The van der Waals surface area contributed by atoms with Crippen molar-refractivity contribution in [1.82, 2.24) is 9.80 Å². The minimum atomic E-state index is 0.913. The van der Waals surface area contributed by atoms with Crippen molar-refractivity contribution in [1.29, 1.82) is 0 Å². The van der Waals surface area contributed by atoms with Gasteiger partial charge in [-0.3, -0.25) is 0 Å². The fourth-order valence-electron chi connectivity index (χ4n) is 3.05. The van der Waals surface area contributed by atoms with Crippen LogP contribution in [-0.4, -0.2) is 42.5 Å². The molecule has 1 saturated heterocycles. The predicted octanol–water partition coefficient (Wildman–Crippen LogP) is 3.27. The van der Waals surface area contributed by atoms with Gasteiger partial charge in [-0.05, 0) is 57.2 Å². The van der Waals surface area contributed by atoms with Gasteiger partial charge in [-0.2, -0.15) is 0 Å². The van der Waals surface area contributed by atoms with Crippen molar-refractivity contribution in [3.05, 3.63) is 23.9 Å². The second-order valence-corrected chi connectivity index (χ2v) is 6.03. The zero-order valence-electron chi connectivity index (χ0n) is 12.1. The molecule has 2 heterocycles. The number of hydrogen-bond donors (Lipinski definition) is 0. The number of allylic oxidation sites excluding steroid dienone is 2. The Hall–Kier alpha value is -0.760. The summed E-state index contributed by atoms with van der Waals surface area (Å²) in [6.07, 6.45) is 12.3. The molecule has 18 heavy (non-hydrogen) atoms. The maximum Gasteiger partial charge on any atom is 0.0357 e. The molecule has 0 saturated carbocycles. The van der Waals surface area contributed by atoms with Crippen molar-refractivity contribution < 1.29 is 0 Å². The predicted molar refractivity (Wildman–Crippen MR) is 78.5 cm³/mol. The highest BCUT2D eigenvalue weighted by Crippen LogP contribution is 2.16. The van der Waals surface area contributed by atoms with Crippen LogP contribution in [0.4, 0.5) is 0 Å². The molecule has 102 valence electrons. The van der Waals surface area contributed by atoms with Crippen LogP contribution in [-0.2, 0) is 0 Å². The molecule has 2 heteroatoms. The Morgan fingerprint density at radius 3 is 2.89 bits per heavy atom. The maximum absolute atomic E-state index is 2.66. The molecule has 2 aliphatic heterocycles. The molecule has 2 rings (SSSR count). The second-order valence-electron chi connectivity index (χ2n) is 6.03. The molecule has 2 nitrogen and oxygen atoms in total. The molecule has 0 radical (unpaired) electrons. The van der Waals surface area contributed by atoms with Gasteiger partial charge in [0.15, 0.2) is 0 Å². The lowest BCUT2D eigenvalue weighted by Gasteiger charge is -2.31. The van der Waals surface area contributed by atoms with Crippen molar-refractivity contribution >= 4 is 0 Å². The molecule has 0 aromatic carbocycles. The Morgan fingerprint density at radius 2 is 2.11 bits per heavy atom. The summed E-state index contributed by atoms with van der Waals surface area (Å²) < 4.78 is 0. The van der Waals surface area contributed by atoms with Crippen LogP contribution in [0.25, 0.3) is 0 Å². The monoisotopic (exact) mass is 248 g/mol. The third-order valence-electron chi connectivity index (χ3n) is 4.02. The van der Waals surface area contributed by atoms with E-state index in [2.05, 4.69) is 42.0 Å². The first-order valence-corrected chi connectivity index (χ1v) is 7.55.